The molecule has 40 heavy (non-hydrogen) atoms. The predicted molar refractivity (Wildman–Crippen MR) is 151 cm³/mol. The summed E-state index contributed by atoms with van der Waals surface area (Å²) in [7, 11) is -6.72. The molecular formula is C27H23ClFN3O6S2. The first kappa shape index (κ1) is 28.9. The van der Waals surface area contributed by atoms with Crippen LogP contribution in [0, 0.1) is 5.82 Å². The number of ether oxygens (including phenoxy) is 1. The minimum atomic E-state index is -4.19. The number of nitrogens with one attached hydrogen (secondary N) is 2. The lowest BCUT2D eigenvalue weighted by atomic mass is 10.3. The number of carbonyl (C=O) groups excluding carboxylic acids is 1. The molecule has 0 heterocycles. The highest BCUT2D eigenvalue weighted by molar-refractivity contribution is 7.93. The second kappa shape index (κ2) is 11.9. The summed E-state index contributed by atoms with van der Waals surface area (Å²) >= 11 is 6.09. The molecule has 0 radical (unpaired) electrons. The van der Waals surface area contributed by atoms with Crippen LogP contribution in [0.4, 0.5) is 21.5 Å². The summed E-state index contributed by atoms with van der Waals surface area (Å²) in [4.78, 5) is 12.8. The Bertz CT molecular complexity index is 1720. The molecule has 0 fully saturated rings. The fourth-order valence-electron chi connectivity index (χ4n) is 3.60. The zero-order valence-corrected chi connectivity index (χ0v) is 23.3. The van der Waals surface area contributed by atoms with Crippen molar-refractivity contribution in [1.82, 2.24) is 0 Å². The van der Waals surface area contributed by atoms with Gasteiger partial charge in [0.05, 0.1) is 22.6 Å². The zero-order valence-electron chi connectivity index (χ0n) is 20.9. The Balaban J connectivity index is 1.53. The van der Waals surface area contributed by atoms with Gasteiger partial charge in [-0.1, -0.05) is 17.7 Å². The van der Waals surface area contributed by atoms with Gasteiger partial charge in [0.15, 0.2) is 0 Å². The Labute approximate surface area is 236 Å². The van der Waals surface area contributed by atoms with E-state index in [-0.39, 0.29) is 31.9 Å². The highest BCUT2D eigenvalue weighted by Crippen LogP contribution is 2.27. The zero-order chi connectivity index (χ0) is 28.9. The van der Waals surface area contributed by atoms with Gasteiger partial charge in [-0.3, -0.25) is 13.8 Å². The summed E-state index contributed by atoms with van der Waals surface area (Å²) in [5.74, 6) is -0.727. The van der Waals surface area contributed by atoms with Crippen LogP contribution < -0.4 is 19.1 Å². The molecule has 0 saturated heterocycles. The summed E-state index contributed by atoms with van der Waals surface area (Å²) in [5.41, 5.74) is 0.586. The largest absolute Gasteiger partial charge is 0.497 e. The lowest BCUT2D eigenvalue weighted by molar-refractivity contribution is -0.114. The van der Waals surface area contributed by atoms with Gasteiger partial charge in [-0.25, -0.2) is 21.2 Å². The maximum Gasteiger partial charge on any atom is 0.264 e. The second-order valence-corrected chi connectivity index (χ2v) is 12.3. The van der Waals surface area contributed by atoms with E-state index in [9.17, 15) is 26.0 Å². The van der Waals surface area contributed by atoms with E-state index in [2.05, 4.69) is 10.0 Å². The first-order valence-electron chi connectivity index (χ1n) is 11.6. The smallest absolute Gasteiger partial charge is 0.264 e. The van der Waals surface area contributed by atoms with Crippen molar-refractivity contribution >= 4 is 54.6 Å². The number of rotatable bonds is 10. The van der Waals surface area contributed by atoms with Crippen LogP contribution in [0.5, 0.6) is 5.75 Å². The number of sulfonamides is 2. The first-order chi connectivity index (χ1) is 19.0. The number of hydrogen-bond acceptors (Lipinski definition) is 6. The molecule has 4 aromatic carbocycles. The summed E-state index contributed by atoms with van der Waals surface area (Å²) in [6, 6.07) is 21.8. The van der Waals surface area contributed by atoms with Crippen LogP contribution in [0.3, 0.4) is 0 Å². The van der Waals surface area contributed by atoms with E-state index in [1.165, 1.54) is 79.9 Å². The number of carbonyl (C=O) groups is 1. The molecule has 0 bridgehead atoms. The number of anilines is 3. The van der Waals surface area contributed by atoms with Crippen LogP contribution in [0.15, 0.2) is 107 Å². The van der Waals surface area contributed by atoms with Crippen LogP contribution in [-0.4, -0.2) is 36.4 Å². The molecule has 0 aliphatic rings. The standard InChI is InChI=1S/C27H23ClFN3O6S2/c1-38-24-11-15-26(16-12-24)40(36,37)32(23-4-2-3-19(28)17-23)18-27(33)30-21-9-13-25(14-10-21)39(34,35)31-22-7-5-20(29)6-8-22/h2-17,31H,18H2,1H3,(H,30,33). The van der Waals surface area contributed by atoms with Gasteiger partial charge < -0.3 is 10.1 Å². The van der Waals surface area contributed by atoms with Crippen molar-refractivity contribution in [3.63, 3.8) is 0 Å². The number of hydrogen-bond donors (Lipinski definition) is 2. The van der Waals surface area contributed by atoms with E-state index in [0.29, 0.717) is 5.75 Å². The lowest BCUT2D eigenvalue weighted by Gasteiger charge is -2.24. The molecule has 13 heteroatoms. The molecule has 2 N–H and O–H groups in total. The Kier molecular flexibility index (Phi) is 8.62. The third-order valence-corrected chi connectivity index (χ3v) is 9.00. The van der Waals surface area contributed by atoms with Gasteiger partial charge in [-0.15, -0.1) is 0 Å². The van der Waals surface area contributed by atoms with Gasteiger partial charge in [-0.05, 0) is 91.0 Å². The van der Waals surface area contributed by atoms with Gasteiger partial charge in [-0.2, -0.15) is 0 Å². The van der Waals surface area contributed by atoms with Gasteiger partial charge in [0, 0.05) is 16.4 Å². The molecule has 0 saturated carbocycles. The molecule has 0 aliphatic carbocycles. The second-order valence-electron chi connectivity index (χ2n) is 8.35. The molecule has 0 spiro atoms. The van der Waals surface area contributed by atoms with Crippen molar-refractivity contribution in [2.75, 3.05) is 28.0 Å². The molecule has 0 atom stereocenters. The molecular weight excluding hydrogens is 581 g/mol. The number of methoxy groups -OCH3 is 1. The maximum absolute atomic E-state index is 13.5. The molecule has 0 aromatic heterocycles. The van der Waals surface area contributed by atoms with Crippen LogP contribution in [-0.2, 0) is 24.8 Å². The SMILES string of the molecule is COc1ccc(S(=O)(=O)N(CC(=O)Nc2ccc(S(=O)(=O)Nc3ccc(F)cc3)cc2)c2cccc(Cl)c2)cc1. The van der Waals surface area contributed by atoms with E-state index in [1.807, 2.05) is 0 Å². The quantitative estimate of drug-likeness (QED) is 0.259. The van der Waals surface area contributed by atoms with Crippen molar-refractivity contribution in [3.05, 3.63) is 108 Å². The Morgan fingerprint density at radius 2 is 1.45 bits per heavy atom. The lowest BCUT2D eigenvalue weighted by Crippen LogP contribution is -2.38. The average Bonchev–Trinajstić information content (AvgIpc) is 2.93. The Hall–Kier alpha value is -4.13. The molecule has 1 amide bonds. The number of amides is 1. The van der Waals surface area contributed by atoms with Crippen molar-refractivity contribution < 1.29 is 30.8 Å². The minimum absolute atomic E-state index is 0.0655. The molecule has 4 rings (SSSR count). The predicted octanol–water partition coefficient (Wildman–Crippen LogP) is 5.12. The number of nitrogens with zero attached hydrogens (tertiary/aromatic N) is 1. The highest BCUT2D eigenvalue weighted by atomic mass is 35.5. The molecule has 4 aromatic rings. The third-order valence-electron chi connectivity index (χ3n) is 5.58. The minimum Gasteiger partial charge on any atom is -0.497 e. The van der Waals surface area contributed by atoms with E-state index in [1.54, 1.807) is 12.1 Å². The topological polar surface area (TPSA) is 122 Å². The highest BCUT2D eigenvalue weighted by Gasteiger charge is 2.27. The summed E-state index contributed by atoms with van der Waals surface area (Å²) in [5, 5.41) is 2.85. The molecule has 0 unspecified atom stereocenters. The van der Waals surface area contributed by atoms with Crippen molar-refractivity contribution in [2.45, 2.75) is 9.79 Å². The molecule has 208 valence electrons. The van der Waals surface area contributed by atoms with Gasteiger partial charge >= 0.3 is 0 Å². The maximum atomic E-state index is 13.5. The van der Waals surface area contributed by atoms with E-state index < -0.39 is 38.3 Å². The van der Waals surface area contributed by atoms with Crippen LogP contribution in [0.2, 0.25) is 5.02 Å². The summed E-state index contributed by atoms with van der Waals surface area (Å²) < 4.78 is 73.8. The van der Waals surface area contributed by atoms with Crippen LogP contribution in [0.25, 0.3) is 0 Å². The summed E-state index contributed by atoms with van der Waals surface area (Å²) in [6.45, 7) is -0.596. The third kappa shape index (κ3) is 6.89. The normalized spacial score (nSPS) is 11.5. The van der Waals surface area contributed by atoms with E-state index in [4.69, 9.17) is 16.3 Å². The van der Waals surface area contributed by atoms with Crippen LogP contribution >= 0.6 is 11.6 Å². The van der Waals surface area contributed by atoms with Gasteiger partial charge in [0.2, 0.25) is 5.91 Å². The van der Waals surface area contributed by atoms with Crippen molar-refractivity contribution in [1.29, 1.82) is 0 Å². The fourth-order valence-corrected chi connectivity index (χ4v) is 6.26. The molecule has 0 aliphatic heterocycles. The molecule has 9 nitrogen and oxygen atoms in total. The van der Waals surface area contributed by atoms with Crippen LogP contribution in [0.1, 0.15) is 0 Å². The van der Waals surface area contributed by atoms with Crippen molar-refractivity contribution in [2.24, 2.45) is 0 Å². The first-order valence-corrected chi connectivity index (χ1v) is 14.9. The monoisotopic (exact) mass is 603 g/mol. The van der Waals surface area contributed by atoms with E-state index in [0.717, 1.165) is 16.4 Å². The Morgan fingerprint density at radius 3 is 2.05 bits per heavy atom. The fraction of sp³-hybridized carbons (Fsp3) is 0.0741. The van der Waals surface area contributed by atoms with Gasteiger partial charge in [0.25, 0.3) is 20.0 Å². The average molecular weight is 604 g/mol. The summed E-state index contributed by atoms with van der Waals surface area (Å²) in [6.07, 6.45) is 0. The Morgan fingerprint density at radius 1 is 0.850 bits per heavy atom. The van der Waals surface area contributed by atoms with Crippen molar-refractivity contribution in [3.8, 4) is 5.75 Å². The number of benzene rings is 4. The van der Waals surface area contributed by atoms with Gasteiger partial charge in [0.1, 0.15) is 18.1 Å². The van der Waals surface area contributed by atoms with E-state index >= 15 is 0 Å². The number of halogens is 2.